The van der Waals surface area contributed by atoms with Crippen LogP contribution in [-0.2, 0) is 16.4 Å². The van der Waals surface area contributed by atoms with E-state index in [0.29, 0.717) is 19.0 Å². The number of hydrogen-bond acceptors (Lipinski definition) is 4. The first kappa shape index (κ1) is 21.9. The average Bonchev–Trinajstić information content (AvgIpc) is 2.75. The number of hydrogen-bond donors (Lipinski definition) is 2. The summed E-state index contributed by atoms with van der Waals surface area (Å²) in [5, 5.41) is 10.4. The molecule has 0 unspecified atom stereocenters. The Bertz CT molecular complexity index is 948. The number of aromatic hydroxyl groups is 1. The van der Waals surface area contributed by atoms with E-state index in [4.69, 9.17) is 0 Å². The zero-order chi connectivity index (χ0) is 21.4. The number of piperidine rings is 1. The topological polar surface area (TPSA) is 86.7 Å². The van der Waals surface area contributed by atoms with E-state index in [-0.39, 0.29) is 5.75 Å². The van der Waals surface area contributed by atoms with E-state index in [0.717, 1.165) is 43.1 Å². The molecular formula is C23H28N2O4S. The van der Waals surface area contributed by atoms with E-state index in [1.165, 1.54) is 11.6 Å². The molecule has 0 radical (unpaired) electrons. The van der Waals surface area contributed by atoms with Gasteiger partial charge in [0, 0.05) is 13.1 Å². The normalized spacial score (nSPS) is 15.4. The summed E-state index contributed by atoms with van der Waals surface area (Å²) >= 11 is 0. The number of aryl methyl sites for hydroxylation is 1. The molecule has 1 heterocycles. The first-order valence-corrected chi connectivity index (χ1v) is 11.8. The Morgan fingerprint density at radius 2 is 1.73 bits per heavy atom. The minimum Gasteiger partial charge on any atom is -0.508 e. The van der Waals surface area contributed by atoms with Crippen LogP contribution in [0.5, 0.6) is 5.75 Å². The maximum Gasteiger partial charge on any atom is 0.331 e. The number of carbonyl (C=O) groups is 1. The van der Waals surface area contributed by atoms with Gasteiger partial charge >= 0.3 is 6.03 Å². The van der Waals surface area contributed by atoms with Crippen molar-refractivity contribution in [2.45, 2.75) is 32.1 Å². The fourth-order valence-corrected chi connectivity index (χ4v) is 4.41. The van der Waals surface area contributed by atoms with Crippen molar-refractivity contribution in [2.75, 3.05) is 13.1 Å². The number of nitrogens with one attached hydrogen (secondary N) is 1. The number of phenolic OH excluding ortho intramolecular Hbond substituents is 1. The van der Waals surface area contributed by atoms with Gasteiger partial charge < -0.3 is 10.0 Å². The van der Waals surface area contributed by atoms with Gasteiger partial charge in [-0.3, -0.25) is 0 Å². The molecule has 1 aliphatic rings. The molecule has 1 saturated heterocycles. The first-order chi connectivity index (χ1) is 14.4. The van der Waals surface area contributed by atoms with E-state index < -0.39 is 16.1 Å². The SMILES string of the molecule is O=C(NS(=O)(=O)/C=C/c1ccccc1)N1CCC(CCCc2ccc(O)cc2)CC1. The monoisotopic (exact) mass is 428 g/mol. The Morgan fingerprint density at radius 1 is 1.07 bits per heavy atom. The first-order valence-electron chi connectivity index (χ1n) is 10.2. The van der Waals surface area contributed by atoms with Crippen molar-refractivity contribution in [3.8, 4) is 5.75 Å². The second kappa shape index (κ2) is 10.3. The summed E-state index contributed by atoms with van der Waals surface area (Å²) in [7, 11) is -3.83. The van der Waals surface area contributed by atoms with Crippen molar-refractivity contribution < 1.29 is 18.3 Å². The highest BCUT2D eigenvalue weighted by molar-refractivity contribution is 7.93. The average molecular weight is 429 g/mol. The van der Waals surface area contributed by atoms with Gasteiger partial charge in [-0.25, -0.2) is 17.9 Å². The van der Waals surface area contributed by atoms with Crippen molar-refractivity contribution in [2.24, 2.45) is 5.92 Å². The molecule has 2 amide bonds. The van der Waals surface area contributed by atoms with Gasteiger partial charge in [0.05, 0.1) is 5.41 Å². The van der Waals surface area contributed by atoms with Crippen LogP contribution in [0.25, 0.3) is 6.08 Å². The molecule has 3 rings (SSSR count). The summed E-state index contributed by atoms with van der Waals surface area (Å²) in [5.41, 5.74) is 1.96. The highest BCUT2D eigenvalue weighted by atomic mass is 32.2. The Balaban J connectivity index is 1.40. The zero-order valence-corrected chi connectivity index (χ0v) is 17.7. The van der Waals surface area contributed by atoms with Gasteiger partial charge in [0.15, 0.2) is 0 Å². The predicted octanol–water partition coefficient (Wildman–Crippen LogP) is 4.14. The smallest absolute Gasteiger partial charge is 0.331 e. The van der Waals surface area contributed by atoms with Gasteiger partial charge in [-0.15, -0.1) is 0 Å². The van der Waals surface area contributed by atoms with Crippen LogP contribution < -0.4 is 4.72 Å². The lowest BCUT2D eigenvalue weighted by Gasteiger charge is -2.31. The van der Waals surface area contributed by atoms with E-state index in [1.54, 1.807) is 29.2 Å². The van der Waals surface area contributed by atoms with Gasteiger partial charge in [0.25, 0.3) is 10.0 Å². The molecule has 1 fully saturated rings. The minimum atomic E-state index is -3.83. The van der Waals surface area contributed by atoms with Crippen LogP contribution in [0.2, 0.25) is 0 Å². The molecular weight excluding hydrogens is 400 g/mol. The number of benzene rings is 2. The van der Waals surface area contributed by atoms with Crippen LogP contribution in [0.3, 0.4) is 0 Å². The summed E-state index contributed by atoms with van der Waals surface area (Å²) in [4.78, 5) is 13.9. The van der Waals surface area contributed by atoms with Crippen molar-refractivity contribution in [3.05, 3.63) is 71.1 Å². The number of likely N-dealkylation sites (tertiary alicyclic amines) is 1. The number of nitrogens with zero attached hydrogens (tertiary/aromatic N) is 1. The molecule has 0 bridgehead atoms. The molecule has 2 aromatic carbocycles. The summed E-state index contributed by atoms with van der Waals surface area (Å²) in [6.07, 6.45) is 6.32. The second-order valence-corrected chi connectivity index (χ2v) is 9.22. The van der Waals surface area contributed by atoms with Gasteiger partial charge in [-0.1, -0.05) is 42.5 Å². The number of rotatable bonds is 7. The fourth-order valence-electron chi connectivity index (χ4n) is 3.63. The molecule has 1 aliphatic heterocycles. The van der Waals surface area contributed by atoms with Crippen molar-refractivity contribution in [1.82, 2.24) is 9.62 Å². The zero-order valence-electron chi connectivity index (χ0n) is 16.9. The van der Waals surface area contributed by atoms with Crippen molar-refractivity contribution in [3.63, 3.8) is 0 Å². The lowest BCUT2D eigenvalue weighted by atomic mass is 9.91. The summed E-state index contributed by atoms with van der Waals surface area (Å²) in [5.74, 6) is 0.822. The van der Waals surface area contributed by atoms with E-state index in [2.05, 4.69) is 4.72 Å². The van der Waals surface area contributed by atoms with Crippen LogP contribution in [0.15, 0.2) is 60.0 Å². The molecule has 2 aromatic rings. The molecule has 30 heavy (non-hydrogen) atoms. The summed E-state index contributed by atoms with van der Waals surface area (Å²) in [6, 6.07) is 15.8. The molecule has 2 N–H and O–H groups in total. The lowest BCUT2D eigenvalue weighted by Crippen LogP contribution is -2.45. The van der Waals surface area contributed by atoms with E-state index >= 15 is 0 Å². The Morgan fingerprint density at radius 3 is 2.40 bits per heavy atom. The third-order valence-corrected chi connectivity index (χ3v) is 6.34. The van der Waals surface area contributed by atoms with Gasteiger partial charge in [-0.2, -0.15) is 0 Å². The molecule has 6 nitrogen and oxygen atoms in total. The van der Waals surface area contributed by atoms with E-state index in [1.807, 2.05) is 30.3 Å². The maximum absolute atomic E-state index is 12.3. The van der Waals surface area contributed by atoms with Gasteiger partial charge in [0.1, 0.15) is 5.75 Å². The third kappa shape index (κ3) is 6.91. The Labute approximate surface area is 178 Å². The largest absolute Gasteiger partial charge is 0.508 e. The van der Waals surface area contributed by atoms with Crippen molar-refractivity contribution in [1.29, 1.82) is 0 Å². The number of phenols is 1. The maximum atomic E-state index is 12.3. The van der Waals surface area contributed by atoms with Crippen molar-refractivity contribution >= 4 is 22.1 Å². The van der Waals surface area contributed by atoms with Crippen LogP contribution >= 0.6 is 0 Å². The fraction of sp³-hybridized carbons (Fsp3) is 0.348. The molecule has 0 aromatic heterocycles. The molecule has 7 heteroatoms. The number of carbonyl (C=O) groups excluding carboxylic acids is 1. The van der Waals surface area contributed by atoms with Crippen LogP contribution in [0.1, 0.15) is 36.8 Å². The lowest BCUT2D eigenvalue weighted by molar-refractivity contribution is 0.172. The summed E-state index contributed by atoms with van der Waals surface area (Å²) in [6.45, 7) is 1.13. The molecule has 0 saturated carbocycles. The molecule has 160 valence electrons. The number of sulfonamides is 1. The molecule has 0 atom stereocenters. The van der Waals surface area contributed by atoms with Crippen LogP contribution in [-0.4, -0.2) is 37.5 Å². The minimum absolute atomic E-state index is 0.280. The summed E-state index contributed by atoms with van der Waals surface area (Å²) < 4.78 is 26.4. The Hall–Kier alpha value is -2.80. The van der Waals surface area contributed by atoms with Gasteiger partial charge in [0.2, 0.25) is 0 Å². The molecule has 0 spiro atoms. The van der Waals surface area contributed by atoms with Crippen LogP contribution in [0.4, 0.5) is 4.79 Å². The predicted molar refractivity (Wildman–Crippen MR) is 118 cm³/mol. The van der Waals surface area contributed by atoms with Crippen LogP contribution in [0, 0.1) is 5.92 Å². The standard InChI is InChI=1S/C23H28N2O4S/c26-22-11-9-20(10-12-22)7-4-8-21-13-16-25(17-14-21)23(27)24-30(28,29)18-15-19-5-2-1-3-6-19/h1-3,5-6,9-12,15,18,21,26H,4,7-8,13-14,16-17H2,(H,24,27)/b18-15+. The molecule has 0 aliphatic carbocycles. The number of amides is 2. The van der Waals surface area contributed by atoms with Gasteiger partial charge in [-0.05, 0) is 67.4 Å². The second-order valence-electron chi connectivity index (χ2n) is 7.65. The van der Waals surface area contributed by atoms with E-state index in [9.17, 15) is 18.3 Å². The highest BCUT2D eigenvalue weighted by Gasteiger charge is 2.24. The third-order valence-electron chi connectivity index (χ3n) is 5.38. The quantitative estimate of drug-likeness (QED) is 0.694. The number of urea groups is 1. The Kier molecular flexibility index (Phi) is 7.52. The highest BCUT2D eigenvalue weighted by Crippen LogP contribution is 2.23.